The minimum absolute atomic E-state index is 0.805. The van der Waals surface area contributed by atoms with E-state index in [1.165, 1.54) is 23.3 Å². The number of para-hydroxylation sites is 1. The Bertz CT molecular complexity index is 395. The van der Waals surface area contributed by atoms with Crippen LogP contribution < -0.4 is 4.74 Å². The van der Waals surface area contributed by atoms with Gasteiger partial charge in [0.1, 0.15) is 12.4 Å². The van der Waals surface area contributed by atoms with E-state index < -0.39 is 0 Å². The Morgan fingerprint density at radius 3 is 3.14 bits per heavy atom. The van der Waals surface area contributed by atoms with E-state index in [9.17, 15) is 0 Å². The third-order valence-electron chi connectivity index (χ3n) is 2.81. The number of ether oxygens (including phenoxy) is 1. The van der Waals surface area contributed by atoms with Gasteiger partial charge in [-0.2, -0.15) is 11.8 Å². The van der Waals surface area contributed by atoms with Gasteiger partial charge in [-0.15, -0.1) is 0 Å². The second-order valence-corrected chi connectivity index (χ2v) is 4.77. The molecule has 0 unspecified atom stereocenters. The number of fused-ring (bicyclic) bond motifs is 2. The molecule has 0 fully saturated rings. The van der Waals surface area contributed by atoms with Gasteiger partial charge in [-0.1, -0.05) is 18.2 Å². The van der Waals surface area contributed by atoms with Crippen LogP contribution in [0.25, 0.3) is 5.57 Å². The smallest absolute Gasteiger partial charge is 0.127 e. The lowest BCUT2D eigenvalue weighted by Crippen LogP contribution is -2.16. The van der Waals surface area contributed by atoms with Crippen molar-refractivity contribution in [3.05, 3.63) is 35.4 Å². The highest BCUT2D eigenvalue weighted by Gasteiger charge is 2.21. The molecule has 0 amide bonds. The predicted octanol–water partition coefficient (Wildman–Crippen LogP) is 2.97. The van der Waals surface area contributed by atoms with Gasteiger partial charge in [0.15, 0.2) is 0 Å². The predicted molar refractivity (Wildman–Crippen MR) is 60.8 cm³/mol. The summed E-state index contributed by atoms with van der Waals surface area (Å²) < 4.78 is 5.72. The molecule has 2 heteroatoms. The minimum atomic E-state index is 0.805. The molecule has 0 saturated heterocycles. The summed E-state index contributed by atoms with van der Waals surface area (Å²) in [5.74, 6) is 3.48. The number of allylic oxidation sites excluding steroid dienone is 1. The van der Waals surface area contributed by atoms with E-state index in [1.807, 2.05) is 17.8 Å². The topological polar surface area (TPSA) is 9.23 Å². The average Bonchev–Trinajstić information content (AvgIpc) is 2.29. The Labute approximate surface area is 88.2 Å². The first kappa shape index (κ1) is 8.42. The molecule has 0 saturated carbocycles. The molecule has 0 spiro atoms. The normalized spacial score (nSPS) is 19.7. The molecule has 72 valence electrons. The highest BCUT2D eigenvalue weighted by molar-refractivity contribution is 7.99. The molecule has 2 aliphatic rings. The summed E-state index contributed by atoms with van der Waals surface area (Å²) in [5.41, 5.74) is 4.37. The lowest BCUT2D eigenvalue weighted by molar-refractivity contribution is 0.345. The number of hydrogen-bond acceptors (Lipinski definition) is 2. The van der Waals surface area contributed by atoms with Crippen LogP contribution in [-0.4, -0.2) is 18.1 Å². The van der Waals surface area contributed by atoms with Gasteiger partial charge >= 0.3 is 0 Å². The lowest BCUT2D eigenvalue weighted by atomic mass is 9.95. The van der Waals surface area contributed by atoms with Crippen LogP contribution in [0.2, 0.25) is 0 Å². The van der Waals surface area contributed by atoms with E-state index in [2.05, 4.69) is 18.2 Å². The van der Waals surface area contributed by atoms with Crippen molar-refractivity contribution >= 4 is 17.3 Å². The molecule has 2 aliphatic heterocycles. The van der Waals surface area contributed by atoms with Gasteiger partial charge in [-0.05, 0) is 29.4 Å². The van der Waals surface area contributed by atoms with Crippen molar-refractivity contribution in [2.45, 2.75) is 6.42 Å². The summed E-state index contributed by atoms with van der Waals surface area (Å²) in [5, 5.41) is 0. The molecule has 0 atom stereocenters. The molecular weight excluding hydrogens is 192 g/mol. The van der Waals surface area contributed by atoms with Crippen molar-refractivity contribution in [3.8, 4) is 5.75 Å². The van der Waals surface area contributed by atoms with E-state index in [4.69, 9.17) is 4.74 Å². The number of benzene rings is 1. The molecule has 3 rings (SSSR count). The number of hydrogen-bond donors (Lipinski definition) is 0. The molecule has 1 nitrogen and oxygen atoms in total. The molecule has 0 aromatic heterocycles. The van der Waals surface area contributed by atoms with Crippen molar-refractivity contribution in [3.63, 3.8) is 0 Å². The Morgan fingerprint density at radius 2 is 2.14 bits per heavy atom. The van der Waals surface area contributed by atoms with Crippen LogP contribution in [0.1, 0.15) is 12.0 Å². The van der Waals surface area contributed by atoms with Gasteiger partial charge in [-0.25, -0.2) is 0 Å². The van der Waals surface area contributed by atoms with Gasteiger partial charge in [-0.3, -0.25) is 0 Å². The van der Waals surface area contributed by atoms with Crippen molar-refractivity contribution in [1.29, 1.82) is 0 Å². The first-order valence-corrected chi connectivity index (χ1v) is 6.11. The van der Waals surface area contributed by atoms with E-state index in [0.29, 0.717) is 0 Å². The Balaban J connectivity index is 2.13. The van der Waals surface area contributed by atoms with Gasteiger partial charge in [0.25, 0.3) is 0 Å². The largest absolute Gasteiger partial charge is 0.489 e. The van der Waals surface area contributed by atoms with Gasteiger partial charge in [0, 0.05) is 11.3 Å². The quantitative estimate of drug-likeness (QED) is 0.642. The van der Waals surface area contributed by atoms with Crippen molar-refractivity contribution < 1.29 is 4.74 Å². The SMILES string of the molecule is c1ccc2c(c1)OCC1=C2CCSC1. The van der Waals surface area contributed by atoms with E-state index in [-0.39, 0.29) is 0 Å². The third-order valence-corrected chi connectivity index (χ3v) is 3.86. The molecule has 14 heavy (non-hydrogen) atoms. The maximum atomic E-state index is 5.72. The van der Waals surface area contributed by atoms with Crippen LogP contribution in [0.15, 0.2) is 29.8 Å². The zero-order valence-electron chi connectivity index (χ0n) is 7.95. The Kier molecular flexibility index (Phi) is 2.02. The molecule has 1 aromatic carbocycles. The Hall–Kier alpha value is -0.890. The molecular formula is C12H12OS. The highest BCUT2D eigenvalue weighted by atomic mass is 32.2. The monoisotopic (exact) mass is 204 g/mol. The highest BCUT2D eigenvalue weighted by Crippen LogP contribution is 2.39. The first-order chi connectivity index (χ1) is 6.95. The van der Waals surface area contributed by atoms with Crippen molar-refractivity contribution in [2.24, 2.45) is 0 Å². The van der Waals surface area contributed by atoms with Crippen LogP contribution >= 0.6 is 11.8 Å². The molecule has 0 aliphatic carbocycles. The summed E-state index contributed by atoms with van der Waals surface area (Å²) >= 11 is 2.02. The second kappa shape index (κ2) is 3.35. The fourth-order valence-corrected chi connectivity index (χ4v) is 3.09. The summed E-state index contributed by atoms with van der Waals surface area (Å²) in [6.07, 6.45) is 1.21. The lowest BCUT2D eigenvalue weighted by Gasteiger charge is -2.27. The average molecular weight is 204 g/mol. The van der Waals surface area contributed by atoms with Gasteiger partial charge in [0.05, 0.1) is 0 Å². The zero-order valence-corrected chi connectivity index (χ0v) is 8.77. The molecule has 1 aromatic rings. The first-order valence-electron chi connectivity index (χ1n) is 4.96. The Morgan fingerprint density at radius 1 is 1.21 bits per heavy atom. The summed E-state index contributed by atoms with van der Waals surface area (Å²) in [6.45, 7) is 0.805. The van der Waals surface area contributed by atoms with Crippen molar-refractivity contribution in [1.82, 2.24) is 0 Å². The molecule has 2 heterocycles. The zero-order chi connectivity index (χ0) is 9.38. The van der Waals surface area contributed by atoms with Crippen LogP contribution in [-0.2, 0) is 0 Å². The maximum absolute atomic E-state index is 5.72. The van der Waals surface area contributed by atoms with Gasteiger partial charge < -0.3 is 4.74 Å². The minimum Gasteiger partial charge on any atom is -0.489 e. The van der Waals surface area contributed by atoms with Crippen LogP contribution in [0, 0.1) is 0 Å². The fraction of sp³-hybridized carbons (Fsp3) is 0.333. The second-order valence-electron chi connectivity index (χ2n) is 3.67. The van der Waals surface area contributed by atoms with Crippen LogP contribution in [0.5, 0.6) is 5.75 Å². The van der Waals surface area contributed by atoms with E-state index in [0.717, 1.165) is 18.1 Å². The van der Waals surface area contributed by atoms with E-state index in [1.54, 1.807) is 5.57 Å². The van der Waals surface area contributed by atoms with Crippen molar-refractivity contribution in [2.75, 3.05) is 18.1 Å². The third kappa shape index (κ3) is 1.25. The molecule has 0 radical (unpaired) electrons. The maximum Gasteiger partial charge on any atom is 0.127 e. The fourth-order valence-electron chi connectivity index (χ4n) is 2.09. The van der Waals surface area contributed by atoms with Crippen LogP contribution in [0.3, 0.4) is 0 Å². The number of thioether (sulfide) groups is 1. The standard InChI is InChI=1S/C12H12OS/c1-2-4-12-11(3-1)10-5-6-14-8-9(10)7-13-12/h1-4H,5-8H2. The van der Waals surface area contributed by atoms with Crippen LogP contribution in [0.4, 0.5) is 0 Å². The van der Waals surface area contributed by atoms with Gasteiger partial charge in [0.2, 0.25) is 0 Å². The summed E-state index contributed by atoms with van der Waals surface area (Å²) in [6, 6.07) is 8.39. The molecule has 0 N–H and O–H groups in total. The summed E-state index contributed by atoms with van der Waals surface area (Å²) in [7, 11) is 0. The van der Waals surface area contributed by atoms with E-state index >= 15 is 0 Å². The number of rotatable bonds is 0. The summed E-state index contributed by atoms with van der Waals surface area (Å²) in [4.78, 5) is 0. The molecule has 0 bridgehead atoms.